The third-order valence-corrected chi connectivity index (χ3v) is 4.81. The molecular weight excluding hydrogens is 313 g/mol. The predicted molar refractivity (Wildman–Crippen MR) is 87.7 cm³/mol. The van der Waals surface area contributed by atoms with Crippen LogP contribution in [0.1, 0.15) is 25.2 Å². The van der Waals surface area contributed by atoms with Crippen molar-refractivity contribution in [3.63, 3.8) is 0 Å². The number of benzene rings is 1. The van der Waals surface area contributed by atoms with Crippen LogP contribution in [0.25, 0.3) is 0 Å². The summed E-state index contributed by atoms with van der Waals surface area (Å²) in [5, 5.41) is 5.88. The van der Waals surface area contributed by atoms with Crippen LogP contribution in [0.2, 0.25) is 10.0 Å². The molecule has 2 rings (SSSR count). The zero-order valence-corrected chi connectivity index (χ0v) is 13.8. The average molecular weight is 330 g/mol. The van der Waals surface area contributed by atoms with Crippen LogP contribution in [0.3, 0.4) is 0 Å². The summed E-state index contributed by atoms with van der Waals surface area (Å²) in [5.74, 6) is 0.764. The minimum Gasteiger partial charge on any atom is -0.398 e. The van der Waals surface area contributed by atoms with Gasteiger partial charge in [0.1, 0.15) is 0 Å². The number of hydrogen-bond acceptors (Lipinski definition) is 3. The van der Waals surface area contributed by atoms with Crippen molar-refractivity contribution in [1.82, 2.24) is 9.78 Å². The monoisotopic (exact) mass is 329 g/mol. The minimum absolute atomic E-state index is 0.583. The Hall–Kier alpha value is -0.840. The lowest BCUT2D eigenvalue weighted by Crippen LogP contribution is -2.01. The normalized spacial score (nSPS) is 11.0. The van der Waals surface area contributed by atoms with E-state index >= 15 is 0 Å². The molecule has 0 aliphatic heterocycles. The van der Waals surface area contributed by atoms with Gasteiger partial charge in [-0.2, -0.15) is 5.10 Å². The molecule has 0 radical (unpaired) electrons. The standard InChI is InChI=1S/C14H17Cl2N3S/c1-3-12-14(16)13(19(4-2)18-12)8-20-9-5-6-11(17)10(15)7-9/h5-7H,3-4,8,17H2,1-2H3. The molecule has 0 bridgehead atoms. The molecule has 20 heavy (non-hydrogen) atoms. The molecule has 0 saturated heterocycles. The molecule has 108 valence electrons. The Morgan fingerprint density at radius 3 is 2.65 bits per heavy atom. The molecule has 3 nitrogen and oxygen atoms in total. The maximum Gasteiger partial charge on any atom is 0.0858 e. The predicted octanol–water partition coefficient (Wildman–Crippen LogP) is 4.65. The number of aryl methyl sites for hydroxylation is 2. The lowest BCUT2D eigenvalue weighted by molar-refractivity contribution is 0.628. The lowest BCUT2D eigenvalue weighted by Gasteiger charge is -2.06. The molecule has 1 aromatic carbocycles. The number of nitrogens with two attached hydrogens (primary N) is 1. The van der Waals surface area contributed by atoms with Gasteiger partial charge in [-0.25, -0.2) is 0 Å². The number of nitrogens with zero attached hydrogens (tertiary/aromatic N) is 2. The largest absolute Gasteiger partial charge is 0.398 e. The highest BCUT2D eigenvalue weighted by molar-refractivity contribution is 7.98. The zero-order valence-electron chi connectivity index (χ0n) is 11.5. The van der Waals surface area contributed by atoms with E-state index in [-0.39, 0.29) is 0 Å². The summed E-state index contributed by atoms with van der Waals surface area (Å²) in [7, 11) is 0. The summed E-state index contributed by atoms with van der Waals surface area (Å²) in [6.45, 7) is 4.94. The molecule has 0 amide bonds. The van der Waals surface area contributed by atoms with E-state index in [4.69, 9.17) is 28.9 Å². The summed E-state index contributed by atoms with van der Waals surface area (Å²) in [5.41, 5.74) is 8.33. The fraction of sp³-hybridized carbons (Fsp3) is 0.357. The molecular formula is C14H17Cl2N3S. The SMILES string of the molecule is CCc1nn(CC)c(CSc2ccc(N)c(Cl)c2)c1Cl. The van der Waals surface area contributed by atoms with E-state index in [0.717, 1.165) is 40.0 Å². The van der Waals surface area contributed by atoms with Crippen molar-refractivity contribution in [1.29, 1.82) is 0 Å². The van der Waals surface area contributed by atoms with Gasteiger partial charge in [0.25, 0.3) is 0 Å². The highest BCUT2D eigenvalue weighted by atomic mass is 35.5. The first-order valence-corrected chi connectivity index (χ1v) is 8.22. The Labute approximate surface area is 133 Å². The maximum atomic E-state index is 6.39. The first-order valence-electron chi connectivity index (χ1n) is 6.48. The van der Waals surface area contributed by atoms with E-state index in [1.54, 1.807) is 11.8 Å². The summed E-state index contributed by atoms with van der Waals surface area (Å²) in [6, 6.07) is 5.66. The number of halogens is 2. The lowest BCUT2D eigenvalue weighted by atomic mass is 10.3. The van der Waals surface area contributed by atoms with Crippen LogP contribution in [0, 0.1) is 0 Å². The molecule has 1 aromatic heterocycles. The van der Waals surface area contributed by atoms with Crippen molar-refractivity contribution >= 4 is 40.7 Å². The molecule has 0 saturated carbocycles. The van der Waals surface area contributed by atoms with Crippen LogP contribution < -0.4 is 5.73 Å². The van der Waals surface area contributed by atoms with Crippen LogP contribution in [-0.2, 0) is 18.7 Å². The second-order valence-corrected chi connectivity index (χ2v) is 6.18. The second kappa shape index (κ2) is 6.74. The van der Waals surface area contributed by atoms with E-state index in [1.165, 1.54) is 0 Å². The van der Waals surface area contributed by atoms with Crippen LogP contribution in [-0.4, -0.2) is 9.78 Å². The molecule has 2 N–H and O–H groups in total. The van der Waals surface area contributed by atoms with Crippen molar-refractivity contribution in [2.45, 2.75) is 37.5 Å². The van der Waals surface area contributed by atoms with Crippen LogP contribution in [0.4, 0.5) is 5.69 Å². The van der Waals surface area contributed by atoms with Gasteiger partial charge < -0.3 is 5.73 Å². The Kier molecular flexibility index (Phi) is 5.24. The Morgan fingerprint density at radius 1 is 1.30 bits per heavy atom. The van der Waals surface area contributed by atoms with Gasteiger partial charge in [-0.3, -0.25) is 4.68 Å². The van der Waals surface area contributed by atoms with Crippen molar-refractivity contribution in [3.8, 4) is 0 Å². The third kappa shape index (κ3) is 3.25. The molecule has 2 aromatic rings. The number of anilines is 1. The Bertz CT molecular complexity index is 611. The van der Waals surface area contributed by atoms with Crippen LogP contribution in [0.5, 0.6) is 0 Å². The third-order valence-electron chi connectivity index (χ3n) is 3.04. The van der Waals surface area contributed by atoms with Crippen LogP contribution >= 0.6 is 35.0 Å². The maximum absolute atomic E-state index is 6.39. The Balaban J connectivity index is 2.17. The summed E-state index contributed by atoms with van der Waals surface area (Å²) in [4.78, 5) is 1.07. The van der Waals surface area contributed by atoms with Crippen molar-refractivity contribution in [2.24, 2.45) is 0 Å². The smallest absolute Gasteiger partial charge is 0.0858 e. The fourth-order valence-corrected chi connectivity index (χ4v) is 3.53. The van der Waals surface area contributed by atoms with Gasteiger partial charge in [-0.05, 0) is 31.5 Å². The molecule has 0 fully saturated rings. The number of aromatic nitrogens is 2. The van der Waals surface area contributed by atoms with Gasteiger partial charge in [-0.15, -0.1) is 11.8 Å². The van der Waals surface area contributed by atoms with Gasteiger partial charge in [-0.1, -0.05) is 30.1 Å². The molecule has 0 unspecified atom stereocenters. The second-order valence-electron chi connectivity index (χ2n) is 4.35. The van der Waals surface area contributed by atoms with Gasteiger partial charge in [0.05, 0.1) is 27.1 Å². The van der Waals surface area contributed by atoms with Crippen LogP contribution in [0.15, 0.2) is 23.1 Å². The number of nitrogen functional groups attached to an aromatic ring is 1. The topological polar surface area (TPSA) is 43.8 Å². The molecule has 6 heteroatoms. The van der Waals surface area contributed by atoms with Crippen molar-refractivity contribution in [2.75, 3.05) is 5.73 Å². The first-order chi connectivity index (χ1) is 9.56. The fourth-order valence-electron chi connectivity index (χ4n) is 1.90. The Morgan fingerprint density at radius 2 is 2.05 bits per heavy atom. The van der Waals surface area contributed by atoms with Crippen molar-refractivity contribution < 1.29 is 0 Å². The van der Waals surface area contributed by atoms with E-state index in [9.17, 15) is 0 Å². The summed E-state index contributed by atoms with van der Waals surface area (Å²) >= 11 is 14.1. The van der Waals surface area contributed by atoms with Crippen molar-refractivity contribution in [3.05, 3.63) is 39.6 Å². The molecule has 0 spiro atoms. The zero-order chi connectivity index (χ0) is 14.7. The first kappa shape index (κ1) is 15.5. The van der Waals surface area contributed by atoms with E-state index < -0.39 is 0 Å². The van der Waals surface area contributed by atoms with E-state index in [2.05, 4.69) is 18.9 Å². The molecule has 1 heterocycles. The molecule has 0 aliphatic rings. The number of rotatable bonds is 5. The minimum atomic E-state index is 0.583. The van der Waals surface area contributed by atoms with Gasteiger partial charge >= 0.3 is 0 Å². The molecule has 0 atom stereocenters. The summed E-state index contributed by atoms with van der Waals surface area (Å²) in [6.07, 6.45) is 0.844. The van der Waals surface area contributed by atoms with Gasteiger partial charge in [0.15, 0.2) is 0 Å². The van der Waals surface area contributed by atoms with Gasteiger partial charge in [0, 0.05) is 17.2 Å². The highest BCUT2D eigenvalue weighted by Crippen LogP contribution is 2.31. The highest BCUT2D eigenvalue weighted by Gasteiger charge is 2.14. The molecule has 0 aliphatic carbocycles. The number of thioether (sulfide) groups is 1. The average Bonchev–Trinajstić information content (AvgIpc) is 2.76. The van der Waals surface area contributed by atoms with Gasteiger partial charge in [0.2, 0.25) is 0 Å². The quantitative estimate of drug-likeness (QED) is 0.641. The van der Waals surface area contributed by atoms with E-state index in [1.807, 2.05) is 22.9 Å². The number of hydrogen-bond donors (Lipinski definition) is 1. The summed E-state index contributed by atoms with van der Waals surface area (Å²) < 4.78 is 1.97. The van der Waals surface area contributed by atoms with E-state index in [0.29, 0.717) is 10.7 Å².